The van der Waals surface area contributed by atoms with Crippen molar-refractivity contribution in [1.29, 1.82) is 0 Å². The number of rotatable bonds is 5. The van der Waals surface area contributed by atoms with E-state index in [0.29, 0.717) is 17.6 Å². The molecule has 1 aromatic rings. The van der Waals surface area contributed by atoms with Gasteiger partial charge in [-0.1, -0.05) is 25.4 Å². The van der Waals surface area contributed by atoms with Crippen LogP contribution in [0.4, 0.5) is 5.95 Å². The maximum Gasteiger partial charge on any atom is 0.225 e. The molecule has 3 N–H and O–H groups in total. The largest absolute Gasteiger partial charge is 0.409 e. The first-order valence-electron chi connectivity index (χ1n) is 6.02. The van der Waals surface area contributed by atoms with E-state index in [1.54, 1.807) is 6.07 Å². The number of hydrogen-bond acceptors (Lipinski definition) is 5. The Balaban J connectivity index is 2.99. The van der Waals surface area contributed by atoms with Crippen LogP contribution >= 0.6 is 0 Å². The summed E-state index contributed by atoms with van der Waals surface area (Å²) < 4.78 is 0. The summed E-state index contributed by atoms with van der Waals surface area (Å²) in [5.41, 5.74) is 6.78. The maximum absolute atomic E-state index is 8.68. The van der Waals surface area contributed by atoms with Crippen LogP contribution in [-0.4, -0.2) is 34.6 Å². The van der Waals surface area contributed by atoms with Gasteiger partial charge in [-0.2, -0.15) is 0 Å². The first-order chi connectivity index (χ1) is 8.47. The molecule has 0 radical (unpaired) electrons. The quantitative estimate of drug-likeness (QED) is 0.357. The molecule has 0 aromatic carbocycles. The van der Waals surface area contributed by atoms with E-state index < -0.39 is 0 Å². The molecule has 0 aliphatic carbocycles. The Morgan fingerprint density at radius 2 is 2.22 bits per heavy atom. The van der Waals surface area contributed by atoms with Crippen LogP contribution in [0.1, 0.15) is 31.7 Å². The number of amidine groups is 1. The van der Waals surface area contributed by atoms with E-state index in [2.05, 4.69) is 29.0 Å². The molecule has 0 aliphatic heterocycles. The molecule has 6 heteroatoms. The Hall–Kier alpha value is -1.85. The van der Waals surface area contributed by atoms with Gasteiger partial charge in [0.2, 0.25) is 5.95 Å². The second kappa shape index (κ2) is 6.18. The zero-order valence-electron chi connectivity index (χ0n) is 11.4. The van der Waals surface area contributed by atoms with Gasteiger partial charge >= 0.3 is 0 Å². The molecule has 0 bridgehead atoms. The fourth-order valence-electron chi connectivity index (χ4n) is 1.58. The molecule has 1 atom stereocenters. The molecule has 6 nitrogen and oxygen atoms in total. The minimum atomic E-state index is -0.00121. The second-order valence-corrected chi connectivity index (χ2v) is 4.57. The summed E-state index contributed by atoms with van der Waals surface area (Å²) >= 11 is 0. The molecule has 0 aliphatic rings. The van der Waals surface area contributed by atoms with E-state index in [-0.39, 0.29) is 5.84 Å². The molecule has 1 aromatic heterocycles. The molecule has 0 fully saturated rings. The lowest BCUT2D eigenvalue weighted by atomic mass is 10.1. The van der Waals surface area contributed by atoms with Gasteiger partial charge in [0.25, 0.3) is 0 Å². The highest BCUT2D eigenvalue weighted by molar-refractivity contribution is 5.95. The third-order valence-electron chi connectivity index (χ3n) is 2.84. The molecule has 0 saturated carbocycles. The fourth-order valence-corrected chi connectivity index (χ4v) is 1.58. The predicted molar refractivity (Wildman–Crippen MR) is 72.0 cm³/mol. The molecule has 1 unspecified atom stereocenters. The van der Waals surface area contributed by atoms with Crippen LogP contribution in [0.25, 0.3) is 0 Å². The third-order valence-corrected chi connectivity index (χ3v) is 2.84. The normalized spacial score (nSPS) is 13.4. The van der Waals surface area contributed by atoms with Crippen molar-refractivity contribution in [3.63, 3.8) is 0 Å². The van der Waals surface area contributed by atoms with Gasteiger partial charge in [-0.3, -0.25) is 0 Å². The molecule has 0 spiro atoms. The van der Waals surface area contributed by atoms with Crippen LogP contribution in [-0.2, 0) is 0 Å². The summed E-state index contributed by atoms with van der Waals surface area (Å²) in [4.78, 5) is 10.6. The summed E-state index contributed by atoms with van der Waals surface area (Å²) in [6.07, 6.45) is 1.10. The molecule has 0 amide bonds. The van der Waals surface area contributed by atoms with Gasteiger partial charge in [-0.25, -0.2) is 9.97 Å². The summed E-state index contributed by atoms with van der Waals surface area (Å²) in [5.74, 6) is 1.15. The number of anilines is 1. The monoisotopic (exact) mass is 251 g/mol. The van der Waals surface area contributed by atoms with Crippen molar-refractivity contribution in [2.45, 2.75) is 27.2 Å². The minimum absolute atomic E-state index is 0.00121. The smallest absolute Gasteiger partial charge is 0.225 e. The van der Waals surface area contributed by atoms with Crippen LogP contribution in [0, 0.1) is 12.8 Å². The molecule has 0 saturated heterocycles. The summed E-state index contributed by atoms with van der Waals surface area (Å²) in [6, 6.07) is 1.69. The van der Waals surface area contributed by atoms with E-state index >= 15 is 0 Å². The van der Waals surface area contributed by atoms with Crippen molar-refractivity contribution >= 4 is 11.8 Å². The summed E-state index contributed by atoms with van der Waals surface area (Å²) in [7, 11) is 1.94. The number of aromatic nitrogens is 2. The first kappa shape index (κ1) is 14.2. The van der Waals surface area contributed by atoms with E-state index in [0.717, 1.165) is 18.7 Å². The van der Waals surface area contributed by atoms with Crippen molar-refractivity contribution in [2.24, 2.45) is 16.8 Å². The maximum atomic E-state index is 8.68. The van der Waals surface area contributed by atoms with Gasteiger partial charge in [-0.05, 0) is 18.9 Å². The molecule has 18 heavy (non-hydrogen) atoms. The number of aryl methyl sites for hydroxylation is 1. The highest BCUT2D eigenvalue weighted by atomic mass is 16.4. The molecular weight excluding hydrogens is 230 g/mol. The molecule has 100 valence electrons. The average Bonchev–Trinajstić information content (AvgIpc) is 2.36. The first-order valence-corrected chi connectivity index (χ1v) is 6.02. The van der Waals surface area contributed by atoms with E-state index in [1.807, 2.05) is 18.9 Å². The zero-order chi connectivity index (χ0) is 13.7. The lowest BCUT2D eigenvalue weighted by molar-refractivity contribution is 0.318. The van der Waals surface area contributed by atoms with Crippen LogP contribution in [0.15, 0.2) is 11.2 Å². The van der Waals surface area contributed by atoms with Crippen LogP contribution in [0.5, 0.6) is 0 Å². The van der Waals surface area contributed by atoms with Crippen molar-refractivity contribution in [2.75, 3.05) is 18.5 Å². The molecule has 1 heterocycles. The van der Waals surface area contributed by atoms with Gasteiger partial charge < -0.3 is 15.8 Å². The number of hydrogen-bond donors (Lipinski definition) is 2. The average molecular weight is 251 g/mol. The Labute approximate surface area is 108 Å². The lowest BCUT2D eigenvalue weighted by Crippen LogP contribution is -2.27. The van der Waals surface area contributed by atoms with Crippen molar-refractivity contribution in [3.8, 4) is 0 Å². The summed E-state index contributed by atoms with van der Waals surface area (Å²) in [5, 5.41) is 11.6. The van der Waals surface area contributed by atoms with Crippen LogP contribution in [0.2, 0.25) is 0 Å². The van der Waals surface area contributed by atoms with Gasteiger partial charge in [-0.15, -0.1) is 0 Å². The van der Waals surface area contributed by atoms with Crippen molar-refractivity contribution < 1.29 is 5.21 Å². The van der Waals surface area contributed by atoms with Crippen LogP contribution < -0.4 is 10.6 Å². The number of nitrogens with two attached hydrogens (primary N) is 1. The van der Waals surface area contributed by atoms with E-state index in [9.17, 15) is 0 Å². The van der Waals surface area contributed by atoms with E-state index in [4.69, 9.17) is 10.9 Å². The van der Waals surface area contributed by atoms with Crippen LogP contribution in [0.3, 0.4) is 0 Å². The third kappa shape index (κ3) is 3.58. The molecular formula is C12H21N5O. The van der Waals surface area contributed by atoms with Gasteiger partial charge in [0.05, 0.1) is 0 Å². The Bertz CT molecular complexity index is 432. The Morgan fingerprint density at radius 1 is 1.56 bits per heavy atom. The fraction of sp³-hybridized carbons (Fsp3) is 0.583. The van der Waals surface area contributed by atoms with Gasteiger partial charge in [0, 0.05) is 19.3 Å². The predicted octanol–water partition coefficient (Wildman–Crippen LogP) is 1.36. The second-order valence-electron chi connectivity index (χ2n) is 4.57. The highest BCUT2D eigenvalue weighted by Crippen LogP contribution is 2.12. The van der Waals surface area contributed by atoms with Crippen molar-refractivity contribution in [3.05, 3.63) is 17.5 Å². The topological polar surface area (TPSA) is 87.6 Å². The van der Waals surface area contributed by atoms with Crippen molar-refractivity contribution in [1.82, 2.24) is 9.97 Å². The Kier molecular flexibility index (Phi) is 4.88. The number of oxime groups is 1. The lowest BCUT2D eigenvalue weighted by Gasteiger charge is -2.21. The zero-order valence-corrected chi connectivity index (χ0v) is 11.4. The standard InChI is InChI=1S/C12H21N5O/c1-5-8(2)7-17(4)12-14-9(3)6-10(15-12)11(13)16-18/h6,8,18H,5,7H2,1-4H3,(H2,13,16). The summed E-state index contributed by atoms with van der Waals surface area (Å²) in [6.45, 7) is 7.06. The minimum Gasteiger partial charge on any atom is -0.409 e. The Morgan fingerprint density at radius 3 is 2.78 bits per heavy atom. The van der Waals surface area contributed by atoms with E-state index in [1.165, 1.54) is 0 Å². The van der Waals surface area contributed by atoms with Gasteiger partial charge in [0.15, 0.2) is 5.84 Å². The molecule has 1 rings (SSSR count). The highest BCUT2D eigenvalue weighted by Gasteiger charge is 2.11. The SMILES string of the molecule is CCC(C)CN(C)c1nc(C)cc(/C(N)=N/O)n1. The number of nitrogens with zero attached hydrogens (tertiary/aromatic N) is 4. The van der Waals surface area contributed by atoms with Gasteiger partial charge in [0.1, 0.15) is 5.69 Å².